The molecule has 6 aromatic heterocycles. The summed E-state index contributed by atoms with van der Waals surface area (Å²) >= 11 is 0. The minimum atomic E-state index is -0.846. The maximum absolute atomic E-state index is 12.1. The largest absolute Gasteiger partial charge is 0.480 e. The van der Waals surface area contributed by atoms with E-state index in [0.29, 0.717) is 13.0 Å². The molecule has 2 unspecified atom stereocenters. The molecule has 0 fully saturated rings. The number of ether oxygens (including phenoxy) is 1. The molecule has 6 rings (SSSR count). The molecule has 248 valence electrons. The fourth-order valence-electron chi connectivity index (χ4n) is 6.09. The topological polar surface area (TPSA) is 125 Å². The van der Waals surface area contributed by atoms with E-state index in [1.165, 1.54) is 11.1 Å². The van der Waals surface area contributed by atoms with Crippen molar-refractivity contribution in [1.82, 2.24) is 29.1 Å². The van der Waals surface area contributed by atoms with E-state index in [2.05, 4.69) is 33.8 Å². The van der Waals surface area contributed by atoms with Crippen molar-refractivity contribution in [2.45, 2.75) is 73.4 Å². The number of carboxylic acid groups (broad SMARTS) is 1. The predicted octanol–water partition coefficient (Wildman–Crippen LogP) is 7.05. The highest BCUT2D eigenvalue weighted by atomic mass is 16.5. The smallest absolute Gasteiger partial charge is 0.328 e. The first kappa shape index (κ1) is 34.0. The van der Waals surface area contributed by atoms with Crippen LogP contribution in [0.4, 0.5) is 0 Å². The summed E-state index contributed by atoms with van der Waals surface area (Å²) in [5, 5.41) is 11.3. The first-order chi connectivity index (χ1) is 23.0. The zero-order chi connectivity index (χ0) is 34.5. The number of esters is 1. The van der Waals surface area contributed by atoms with E-state index in [1.54, 1.807) is 23.9 Å². The number of hydrogen-bond donors (Lipinski definition) is 1. The lowest BCUT2D eigenvalue weighted by molar-refractivity contribution is -0.146. The third-order valence-corrected chi connectivity index (χ3v) is 8.94. The van der Waals surface area contributed by atoms with Crippen molar-refractivity contribution in [3.05, 3.63) is 119 Å². The Bertz CT molecular complexity index is 2060. The average molecular weight is 647 g/mol. The summed E-state index contributed by atoms with van der Waals surface area (Å²) in [6.45, 7) is 14.0. The molecule has 2 atom stereocenters. The summed E-state index contributed by atoms with van der Waals surface area (Å²) < 4.78 is 8.87. The van der Waals surface area contributed by atoms with E-state index in [0.717, 1.165) is 61.9 Å². The predicted molar refractivity (Wildman–Crippen MR) is 186 cm³/mol. The van der Waals surface area contributed by atoms with Crippen LogP contribution in [0.15, 0.2) is 73.8 Å². The third kappa shape index (κ3) is 6.97. The lowest BCUT2D eigenvalue weighted by Crippen LogP contribution is -2.18. The first-order valence-electron chi connectivity index (χ1n) is 16.1. The van der Waals surface area contributed by atoms with E-state index in [1.807, 2.05) is 93.7 Å². The molecule has 1 N–H and O–H groups in total. The molecule has 0 spiro atoms. The van der Waals surface area contributed by atoms with Crippen LogP contribution in [0.5, 0.6) is 0 Å². The SMILES string of the molecule is CCOC(=O)C(C)n1ccc2c(Cc3c(C)cncc3C)nccc21.Cc1cncc(C)c1Cc1nccc2c1ccn2C(C)C(=O)O. The van der Waals surface area contributed by atoms with Crippen molar-refractivity contribution < 1.29 is 19.4 Å². The van der Waals surface area contributed by atoms with Crippen LogP contribution in [0.2, 0.25) is 0 Å². The van der Waals surface area contributed by atoms with E-state index in [-0.39, 0.29) is 12.0 Å². The minimum absolute atomic E-state index is 0.223. The number of pyridine rings is 4. The van der Waals surface area contributed by atoms with Crippen molar-refractivity contribution in [3.8, 4) is 0 Å². The lowest BCUT2D eigenvalue weighted by atomic mass is 10.00. The van der Waals surface area contributed by atoms with Crippen molar-refractivity contribution in [1.29, 1.82) is 0 Å². The van der Waals surface area contributed by atoms with Crippen molar-refractivity contribution in [2.75, 3.05) is 6.61 Å². The van der Waals surface area contributed by atoms with Gasteiger partial charge in [-0.05, 0) is 106 Å². The Morgan fingerprint density at radius 2 is 1.12 bits per heavy atom. The van der Waals surface area contributed by atoms with Gasteiger partial charge in [0, 0.05) is 73.2 Å². The normalized spacial score (nSPS) is 12.4. The quantitative estimate of drug-likeness (QED) is 0.166. The van der Waals surface area contributed by atoms with E-state index >= 15 is 0 Å². The second kappa shape index (κ2) is 14.6. The zero-order valence-electron chi connectivity index (χ0n) is 28.6. The Balaban J connectivity index is 0.000000188. The van der Waals surface area contributed by atoms with Crippen molar-refractivity contribution >= 4 is 33.7 Å². The van der Waals surface area contributed by atoms with Crippen molar-refractivity contribution in [2.24, 2.45) is 0 Å². The molecule has 0 amide bonds. The number of aryl methyl sites for hydroxylation is 4. The molecule has 0 saturated carbocycles. The van der Waals surface area contributed by atoms with Crippen LogP contribution in [0.1, 0.15) is 77.6 Å². The average Bonchev–Trinajstić information content (AvgIpc) is 3.70. The standard InChI is InChI=1S/C20H23N3O2.C18H19N3O2/c1-5-25-20(24)15(4)23-9-7-16-18(22-8-6-19(16)23)10-17-13(2)11-21-12-14(17)3;1-11-9-19-10-12(2)15(11)8-16-14-5-7-21(13(3)18(22)23)17(14)4-6-20-16/h6-9,11-12,15H,5,10H2,1-4H3;4-7,9-10,13H,8H2,1-3H3,(H,22,23). The highest BCUT2D eigenvalue weighted by Gasteiger charge is 2.20. The number of rotatable bonds is 9. The molecule has 10 heteroatoms. The maximum Gasteiger partial charge on any atom is 0.328 e. The van der Waals surface area contributed by atoms with Crippen LogP contribution in [0.3, 0.4) is 0 Å². The van der Waals surface area contributed by atoms with Crippen LogP contribution in [0.25, 0.3) is 21.8 Å². The summed E-state index contributed by atoms with van der Waals surface area (Å²) in [4.78, 5) is 40.9. The molecule has 0 saturated heterocycles. The van der Waals surface area contributed by atoms with E-state index in [9.17, 15) is 14.7 Å². The van der Waals surface area contributed by atoms with Crippen LogP contribution < -0.4 is 0 Å². The summed E-state index contributed by atoms with van der Waals surface area (Å²) in [5.74, 6) is -1.07. The molecule has 0 aliphatic heterocycles. The van der Waals surface area contributed by atoms with Gasteiger partial charge in [0.15, 0.2) is 0 Å². The molecular weight excluding hydrogens is 604 g/mol. The number of aliphatic carboxylic acids is 1. The first-order valence-corrected chi connectivity index (χ1v) is 16.1. The van der Waals surface area contributed by atoms with Gasteiger partial charge >= 0.3 is 11.9 Å². The Hall–Kier alpha value is -5.38. The Morgan fingerprint density at radius 1 is 0.708 bits per heavy atom. The molecule has 6 aromatic rings. The summed E-state index contributed by atoms with van der Waals surface area (Å²) in [5.41, 5.74) is 10.9. The fraction of sp³-hybridized carbons (Fsp3) is 0.316. The summed E-state index contributed by atoms with van der Waals surface area (Å²) in [6, 6.07) is 6.82. The molecule has 0 radical (unpaired) electrons. The minimum Gasteiger partial charge on any atom is -0.480 e. The molecule has 6 heterocycles. The molecule has 48 heavy (non-hydrogen) atoms. The number of hydrogen-bond acceptors (Lipinski definition) is 7. The van der Waals surface area contributed by atoms with Gasteiger partial charge in [0.1, 0.15) is 12.1 Å². The summed E-state index contributed by atoms with van der Waals surface area (Å²) in [7, 11) is 0. The number of carbonyl (C=O) groups is 2. The molecule has 0 aliphatic rings. The molecule has 0 bridgehead atoms. The van der Waals surface area contributed by atoms with Crippen LogP contribution in [-0.4, -0.2) is 52.7 Å². The number of fused-ring (bicyclic) bond motifs is 2. The molecular formula is C38H42N6O4. The van der Waals surface area contributed by atoms with Gasteiger partial charge in [-0.1, -0.05) is 0 Å². The Morgan fingerprint density at radius 3 is 1.52 bits per heavy atom. The van der Waals surface area contributed by atoms with Gasteiger partial charge in [-0.3, -0.25) is 19.9 Å². The van der Waals surface area contributed by atoms with E-state index < -0.39 is 12.0 Å². The van der Waals surface area contributed by atoms with Crippen LogP contribution in [0, 0.1) is 27.7 Å². The number of carboxylic acids is 1. The van der Waals surface area contributed by atoms with Crippen molar-refractivity contribution in [3.63, 3.8) is 0 Å². The number of aromatic nitrogens is 6. The number of carbonyl (C=O) groups excluding carboxylic acids is 1. The lowest BCUT2D eigenvalue weighted by Gasteiger charge is -2.14. The van der Waals surface area contributed by atoms with Gasteiger partial charge in [0.05, 0.1) is 29.0 Å². The van der Waals surface area contributed by atoms with Gasteiger partial charge in [-0.25, -0.2) is 9.59 Å². The highest BCUT2D eigenvalue weighted by Crippen LogP contribution is 2.27. The monoisotopic (exact) mass is 646 g/mol. The summed E-state index contributed by atoms with van der Waals surface area (Å²) in [6.07, 6.45) is 16.3. The van der Waals surface area contributed by atoms with Gasteiger partial charge in [-0.2, -0.15) is 0 Å². The van der Waals surface area contributed by atoms with E-state index in [4.69, 9.17) is 4.74 Å². The molecule has 0 aromatic carbocycles. The van der Waals surface area contributed by atoms with Gasteiger partial charge in [0.2, 0.25) is 0 Å². The van der Waals surface area contributed by atoms with Gasteiger partial charge < -0.3 is 19.0 Å². The Kier molecular flexibility index (Phi) is 10.3. The second-order valence-electron chi connectivity index (χ2n) is 12.1. The maximum atomic E-state index is 12.1. The molecule has 0 aliphatic carbocycles. The second-order valence-corrected chi connectivity index (χ2v) is 12.1. The highest BCUT2D eigenvalue weighted by molar-refractivity contribution is 5.86. The third-order valence-electron chi connectivity index (χ3n) is 8.94. The Labute approximate surface area is 280 Å². The zero-order valence-corrected chi connectivity index (χ0v) is 28.6. The van der Waals surface area contributed by atoms with Gasteiger partial charge in [-0.15, -0.1) is 0 Å². The van der Waals surface area contributed by atoms with Crippen LogP contribution in [-0.2, 0) is 27.2 Å². The van der Waals surface area contributed by atoms with Crippen LogP contribution >= 0.6 is 0 Å². The number of nitrogens with zero attached hydrogens (tertiary/aromatic N) is 6. The van der Waals surface area contributed by atoms with Gasteiger partial charge in [0.25, 0.3) is 0 Å². The fourth-order valence-corrected chi connectivity index (χ4v) is 6.09. The molecule has 10 nitrogen and oxygen atoms in total.